The van der Waals surface area contributed by atoms with Gasteiger partial charge >= 0.3 is 5.97 Å². The van der Waals surface area contributed by atoms with Crippen LogP contribution in [0.2, 0.25) is 5.02 Å². The highest BCUT2D eigenvalue weighted by Crippen LogP contribution is 2.31. The van der Waals surface area contributed by atoms with Crippen LogP contribution in [0.25, 0.3) is 11.1 Å². The van der Waals surface area contributed by atoms with E-state index in [2.05, 4.69) is 16.5 Å². The van der Waals surface area contributed by atoms with Crippen molar-refractivity contribution in [1.82, 2.24) is 9.97 Å². The maximum atomic E-state index is 13.0. The van der Waals surface area contributed by atoms with Crippen molar-refractivity contribution in [2.24, 2.45) is 0 Å². The minimum atomic E-state index is -0.774. The lowest BCUT2D eigenvalue weighted by Crippen LogP contribution is -2.28. The maximum absolute atomic E-state index is 13.0. The number of esters is 1. The van der Waals surface area contributed by atoms with Crippen molar-refractivity contribution in [2.45, 2.75) is 39.7 Å². The number of ether oxygens (including phenoxy) is 2. The normalized spacial score (nSPS) is 11.5. The number of hydrogen-bond donors (Lipinski definition) is 1. The van der Waals surface area contributed by atoms with Crippen LogP contribution < -0.4 is 10.3 Å². The Kier molecular flexibility index (Phi) is 8.30. The van der Waals surface area contributed by atoms with Gasteiger partial charge in [-0.25, -0.2) is 9.78 Å². The van der Waals surface area contributed by atoms with Crippen LogP contribution in [0.3, 0.4) is 0 Å². The van der Waals surface area contributed by atoms with Crippen molar-refractivity contribution in [3.63, 3.8) is 0 Å². The molecule has 0 saturated carbocycles. The Morgan fingerprint density at radius 1 is 1.11 bits per heavy atom. The second-order valence-corrected chi connectivity index (χ2v) is 9.36. The van der Waals surface area contributed by atoms with Gasteiger partial charge in [-0.2, -0.15) is 0 Å². The molecule has 0 spiro atoms. The molecule has 0 saturated heterocycles. The second kappa shape index (κ2) is 11.2. The highest BCUT2D eigenvalue weighted by Gasteiger charge is 2.26. The van der Waals surface area contributed by atoms with Crippen LogP contribution in [-0.2, 0) is 11.2 Å². The number of carbonyl (C=O) groups is 1. The van der Waals surface area contributed by atoms with Crippen LogP contribution in [0.1, 0.15) is 49.6 Å². The van der Waals surface area contributed by atoms with E-state index in [1.54, 1.807) is 26.8 Å². The number of benzene rings is 2. The third kappa shape index (κ3) is 6.93. The van der Waals surface area contributed by atoms with Crippen LogP contribution in [0, 0.1) is 0 Å². The summed E-state index contributed by atoms with van der Waals surface area (Å²) < 4.78 is 11.2. The summed E-state index contributed by atoms with van der Waals surface area (Å²) >= 11 is 6.43. The molecule has 7 heteroatoms. The van der Waals surface area contributed by atoms with Gasteiger partial charge in [0.1, 0.15) is 18.0 Å². The van der Waals surface area contributed by atoms with Crippen LogP contribution in [0.5, 0.6) is 5.75 Å². The van der Waals surface area contributed by atoms with Crippen molar-refractivity contribution in [3.05, 3.63) is 105 Å². The SMILES string of the molecule is C=C(C=CC)COc1c(C(=O)OC(C)(C)C)nc(Cc2ccccc2-c2ccccc2Cl)[nH]c1=O. The maximum Gasteiger partial charge on any atom is 0.361 e. The zero-order chi connectivity index (χ0) is 25.6. The lowest BCUT2D eigenvalue weighted by molar-refractivity contribution is 0.00580. The lowest BCUT2D eigenvalue weighted by atomic mass is 9.97. The first-order valence-corrected chi connectivity index (χ1v) is 11.6. The molecule has 0 aliphatic carbocycles. The predicted octanol–water partition coefficient (Wildman–Crippen LogP) is 6.15. The topological polar surface area (TPSA) is 81.3 Å². The predicted molar refractivity (Wildman–Crippen MR) is 139 cm³/mol. The van der Waals surface area contributed by atoms with Gasteiger partial charge in [-0.05, 0) is 50.5 Å². The minimum absolute atomic E-state index is 0.0274. The molecule has 35 heavy (non-hydrogen) atoms. The molecule has 0 aliphatic rings. The number of halogens is 1. The monoisotopic (exact) mass is 492 g/mol. The lowest BCUT2D eigenvalue weighted by Gasteiger charge is -2.20. The molecule has 1 aromatic heterocycles. The number of carbonyl (C=O) groups excluding carboxylic acids is 1. The van der Waals surface area contributed by atoms with Crippen LogP contribution >= 0.6 is 11.6 Å². The standard InChI is InChI=1S/C28H29ClN2O4/c1-6-11-18(2)17-34-25-24(27(33)35-28(3,4)5)30-23(31-26(25)32)16-19-12-7-8-13-20(19)21-14-9-10-15-22(21)29/h6-15H,2,16-17H2,1,3-5H3,(H,30,31,32). The fourth-order valence-corrected chi connectivity index (χ4v) is 3.67. The Bertz CT molecular complexity index is 1320. The highest BCUT2D eigenvalue weighted by atomic mass is 35.5. The van der Waals surface area contributed by atoms with Crippen LogP contribution in [0.15, 0.2) is 77.6 Å². The summed E-state index contributed by atoms with van der Waals surface area (Å²) in [7, 11) is 0. The largest absolute Gasteiger partial charge is 0.481 e. The van der Waals surface area contributed by atoms with Gasteiger partial charge < -0.3 is 14.5 Å². The molecular formula is C28H29ClN2O4. The minimum Gasteiger partial charge on any atom is -0.481 e. The smallest absolute Gasteiger partial charge is 0.361 e. The van der Waals surface area contributed by atoms with E-state index in [9.17, 15) is 9.59 Å². The molecule has 0 unspecified atom stereocenters. The van der Waals surface area contributed by atoms with Crippen molar-refractivity contribution < 1.29 is 14.3 Å². The fraction of sp³-hybridized carbons (Fsp3) is 0.250. The Morgan fingerprint density at radius 2 is 1.77 bits per heavy atom. The molecule has 0 fully saturated rings. The Morgan fingerprint density at radius 3 is 2.43 bits per heavy atom. The summed E-state index contributed by atoms with van der Waals surface area (Å²) in [5, 5.41) is 0.612. The summed E-state index contributed by atoms with van der Waals surface area (Å²) in [6.45, 7) is 11.0. The third-order valence-corrected chi connectivity index (χ3v) is 5.19. The summed E-state index contributed by atoms with van der Waals surface area (Å²) in [6.07, 6.45) is 3.83. The van der Waals surface area contributed by atoms with E-state index in [-0.39, 0.29) is 24.5 Å². The van der Waals surface area contributed by atoms with Crippen molar-refractivity contribution in [1.29, 1.82) is 0 Å². The first-order chi connectivity index (χ1) is 16.6. The van der Waals surface area contributed by atoms with E-state index in [4.69, 9.17) is 21.1 Å². The average Bonchev–Trinajstić information content (AvgIpc) is 2.78. The molecule has 0 amide bonds. The van der Waals surface area contributed by atoms with E-state index in [1.807, 2.05) is 61.5 Å². The molecule has 1 N–H and O–H groups in total. The summed E-state index contributed by atoms with van der Waals surface area (Å²) in [5.74, 6) is -0.640. The molecule has 0 radical (unpaired) electrons. The van der Waals surface area contributed by atoms with E-state index >= 15 is 0 Å². The summed E-state index contributed by atoms with van der Waals surface area (Å²) in [6, 6.07) is 15.2. The number of hydrogen-bond acceptors (Lipinski definition) is 5. The highest BCUT2D eigenvalue weighted by molar-refractivity contribution is 6.33. The molecule has 6 nitrogen and oxygen atoms in total. The Balaban J connectivity index is 2.03. The van der Waals surface area contributed by atoms with Gasteiger partial charge in [0.15, 0.2) is 5.69 Å². The van der Waals surface area contributed by atoms with Crippen molar-refractivity contribution in [2.75, 3.05) is 6.61 Å². The van der Waals surface area contributed by atoms with Crippen molar-refractivity contribution >= 4 is 17.6 Å². The van der Waals surface area contributed by atoms with E-state index in [0.29, 0.717) is 16.4 Å². The summed E-state index contributed by atoms with van der Waals surface area (Å²) in [4.78, 5) is 33.2. The zero-order valence-electron chi connectivity index (χ0n) is 20.4. The number of allylic oxidation sites excluding steroid dienone is 1. The number of H-pyrrole nitrogens is 1. The molecule has 3 aromatic rings. The first-order valence-electron chi connectivity index (χ1n) is 11.2. The third-order valence-electron chi connectivity index (χ3n) is 4.86. The number of nitrogens with zero attached hydrogens (tertiary/aromatic N) is 1. The van der Waals surface area contributed by atoms with Gasteiger partial charge in [-0.1, -0.05) is 72.8 Å². The fourth-order valence-electron chi connectivity index (χ4n) is 3.44. The van der Waals surface area contributed by atoms with Gasteiger partial charge in [-0.3, -0.25) is 4.79 Å². The average molecular weight is 493 g/mol. The van der Waals surface area contributed by atoms with Gasteiger partial charge in [0.05, 0.1) is 0 Å². The molecule has 0 bridgehead atoms. The van der Waals surface area contributed by atoms with Crippen LogP contribution in [0.4, 0.5) is 0 Å². The van der Waals surface area contributed by atoms with Crippen molar-refractivity contribution in [3.8, 4) is 16.9 Å². The quantitative estimate of drug-likeness (QED) is 0.301. The number of aromatic nitrogens is 2. The Hall–Kier alpha value is -3.64. The van der Waals surface area contributed by atoms with Gasteiger partial charge in [-0.15, -0.1) is 0 Å². The molecule has 2 aromatic carbocycles. The molecule has 1 heterocycles. The number of rotatable bonds is 8. The Labute approximate surface area is 210 Å². The van der Waals surface area contributed by atoms with E-state index in [0.717, 1.165) is 16.7 Å². The van der Waals surface area contributed by atoms with Gasteiger partial charge in [0, 0.05) is 17.0 Å². The molecule has 3 rings (SSSR count). The van der Waals surface area contributed by atoms with Gasteiger partial charge in [0.2, 0.25) is 5.75 Å². The second-order valence-electron chi connectivity index (χ2n) is 8.95. The number of nitrogens with one attached hydrogen (secondary N) is 1. The molecule has 182 valence electrons. The molecular weight excluding hydrogens is 464 g/mol. The first kappa shape index (κ1) is 26.0. The van der Waals surface area contributed by atoms with E-state index < -0.39 is 17.1 Å². The molecule has 0 atom stereocenters. The van der Waals surface area contributed by atoms with Gasteiger partial charge in [0.25, 0.3) is 5.56 Å². The molecule has 0 aliphatic heterocycles. The zero-order valence-corrected chi connectivity index (χ0v) is 21.1. The van der Waals surface area contributed by atoms with Crippen LogP contribution in [-0.4, -0.2) is 28.1 Å². The summed E-state index contributed by atoms with van der Waals surface area (Å²) in [5.41, 5.74) is 1.77. The van der Waals surface area contributed by atoms with E-state index in [1.165, 1.54) is 0 Å². The number of aromatic amines is 1.